The molecule has 1 N–H and O–H groups in total. The van der Waals surface area contributed by atoms with Crippen LogP contribution < -0.4 is 14.2 Å². The summed E-state index contributed by atoms with van der Waals surface area (Å²) in [5, 5.41) is 3.50. The molecule has 4 heterocycles. The zero-order valence-electron chi connectivity index (χ0n) is 35.5. The molecule has 1 saturated heterocycles. The largest absolute Gasteiger partial charge is 0.496 e. The minimum absolute atomic E-state index is 0. The second kappa shape index (κ2) is 17.8. The fraction of sp³-hybridized carbons (Fsp3) is 0.521. The van der Waals surface area contributed by atoms with Crippen LogP contribution in [0, 0.1) is 30.0 Å². The van der Waals surface area contributed by atoms with E-state index < -0.39 is 44.2 Å². The third-order valence-electron chi connectivity index (χ3n) is 13.3. The zero-order chi connectivity index (χ0) is 43.3. The molecule has 2 amide bonds. The first-order chi connectivity index (χ1) is 29.1. The van der Waals surface area contributed by atoms with E-state index >= 15 is 0 Å². The van der Waals surface area contributed by atoms with Crippen molar-refractivity contribution in [3.05, 3.63) is 82.6 Å². The topological polar surface area (TPSA) is 145 Å². The van der Waals surface area contributed by atoms with E-state index in [0.29, 0.717) is 60.4 Å². The standard InChI is InChI=1S/C47H55FN4O7S2.CH4/c1-28(2)37-27-60-43(50-37)36-23-41(35-16-17-40(58-5)29(3)42(35)49-36)59-34-22-38-39(53)25-47(45(55)51-61(56,57)46(4)18-19-46)24-32(47)14-10-8-6-7-9-13-31(44(54)52(38)26-34)20-30-12-11-15-33(48)21-30;/h10-12,14-17,21,23,27-28,31-32,34,38H,6-9,13,18-20,22,24-26H2,1-5H3,(H,51,55);1H4/b14-10-;/t31-,32-,34-,38+,47-;/m1./s1. The van der Waals surface area contributed by atoms with Crippen LogP contribution in [0.4, 0.5) is 4.39 Å². The first-order valence-corrected chi connectivity index (χ1v) is 23.9. The van der Waals surface area contributed by atoms with Gasteiger partial charge in [0.1, 0.15) is 34.1 Å². The Morgan fingerprint density at radius 1 is 1.08 bits per heavy atom. The van der Waals surface area contributed by atoms with Gasteiger partial charge in [-0.25, -0.2) is 22.8 Å². The maximum atomic E-state index is 15.0. The number of ether oxygens (including phenoxy) is 2. The molecule has 0 radical (unpaired) electrons. The first-order valence-electron chi connectivity index (χ1n) is 21.5. The lowest BCUT2D eigenvalue weighted by Gasteiger charge is -2.29. The number of Topliss-reactive ketones (excluding diaryl/α,β-unsaturated/α-hetero) is 1. The number of thiazole rings is 1. The minimum atomic E-state index is -3.95. The number of aryl methyl sites for hydroxylation is 1. The number of hydrogen-bond acceptors (Lipinski definition) is 10. The molecule has 4 aromatic rings. The van der Waals surface area contributed by atoms with Crippen LogP contribution in [0.1, 0.15) is 115 Å². The number of carbonyl (C=O) groups excluding carboxylic acids is 3. The fourth-order valence-electron chi connectivity index (χ4n) is 9.02. The highest BCUT2D eigenvalue weighted by Crippen LogP contribution is 2.58. The summed E-state index contributed by atoms with van der Waals surface area (Å²) in [6.07, 6.45) is 8.68. The second-order valence-corrected chi connectivity index (χ2v) is 21.2. The highest BCUT2D eigenvalue weighted by Gasteiger charge is 2.62. The number of rotatable bonds is 10. The monoisotopic (exact) mass is 886 g/mol. The predicted molar refractivity (Wildman–Crippen MR) is 240 cm³/mol. The number of amides is 2. The molecule has 5 atom stereocenters. The number of fused-ring (bicyclic) bond motifs is 3. The summed E-state index contributed by atoms with van der Waals surface area (Å²) in [6, 6.07) is 11.0. The summed E-state index contributed by atoms with van der Waals surface area (Å²) < 4.78 is 55.0. The summed E-state index contributed by atoms with van der Waals surface area (Å²) in [7, 11) is -2.34. The molecule has 332 valence electrons. The summed E-state index contributed by atoms with van der Waals surface area (Å²) in [5.74, 6) is -1.00. The SMILES string of the molecule is C.COc1ccc2c(O[C@@H]3C[C@H]4C(=O)C[C@]5(C(=O)NS(=O)(=O)C6(C)CC6)C[C@H]5/C=C\CCCCC[C@H](Cc5cccc(F)c5)C(=O)N4C3)cc(-c3nc(C(C)C)cs3)nc2c1C. The molecule has 14 heteroatoms. The summed E-state index contributed by atoms with van der Waals surface area (Å²) in [5.41, 5.74) is 2.53. The number of sulfonamides is 1. The number of hydrogen-bond donors (Lipinski definition) is 1. The van der Waals surface area contributed by atoms with Crippen LogP contribution in [0.5, 0.6) is 11.5 Å². The number of halogens is 1. The molecule has 8 rings (SSSR count). The lowest BCUT2D eigenvalue weighted by Crippen LogP contribution is -2.47. The molecule has 0 spiro atoms. The minimum Gasteiger partial charge on any atom is -0.496 e. The van der Waals surface area contributed by atoms with Crippen molar-refractivity contribution in [1.82, 2.24) is 19.6 Å². The van der Waals surface area contributed by atoms with Crippen molar-refractivity contribution >= 4 is 49.9 Å². The van der Waals surface area contributed by atoms with Gasteiger partial charge in [-0.05, 0) is 100 Å². The quantitative estimate of drug-likeness (QED) is 0.154. The van der Waals surface area contributed by atoms with Gasteiger partial charge in [-0.15, -0.1) is 11.3 Å². The Morgan fingerprint density at radius 2 is 1.87 bits per heavy atom. The number of nitrogens with one attached hydrogen (secondary N) is 1. The van der Waals surface area contributed by atoms with Gasteiger partial charge in [0.2, 0.25) is 21.8 Å². The molecule has 0 unspecified atom stereocenters. The summed E-state index contributed by atoms with van der Waals surface area (Å²) in [6.45, 7) is 7.84. The number of ketones is 1. The zero-order valence-corrected chi connectivity index (χ0v) is 37.2. The molecule has 2 aliphatic heterocycles. The Labute approximate surface area is 368 Å². The van der Waals surface area contributed by atoms with Gasteiger partial charge >= 0.3 is 0 Å². The van der Waals surface area contributed by atoms with E-state index in [2.05, 4.69) is 18.6 Å². The molecule has 2 aromatic heterocycles. The number of nitrogens with zero attached hydrogens (tertiary/aromatic N) is 3. The average Bonchev–Trinajstić information content (AvgIpc) is 3.99. The maximum absolute atomic E-state index is 15.0. The molecule has 0 bridgehead atoms. The van der Waals surface area contributed by atoms with E-state index in [1.54, 1.807) is 25.0 Å². The van der Waals surface area contributed by atoms with Crippen molar-refractivity contribution in [2.24, 2.45) is 17.3 Å². The van der Waals surface area contributed by atoms with E-state index in [1.165, 1.54) is 23.5 Å². The van der Waals surface area contributed by atoms with Crippen LogP contribution in [0.2, 0.25) is 0 Å². The molecular weight excluding hydrogens is 828 g/mol. The van der Waals surface area contributed by atoms with Crippen molar-refractivity contribution < 1.29 is 36.7 Å². The van der Waals surface area contributed by atoms with Gasteiger partial charge in [0, 0.05) is 41.2 Å². The molecule has 3 fully saturated rings. The smallest absolute Gasteiger partial charge is 0.240 e. The van der Waals surface area contributed by atoms with E-state index in [-0.39, 0.29) is 56.2 Å². The van der Waals surface area contributed by atoms with Crippen molar-refractivity contribution in [3.8, 4) is 22.2 Å². The normalized spacial score (nSPS) is 25.5. The Bertz CT molecular complexity index is 2500. The number of carbonyl (C=O) groups is 3. The molecule has 2 saturated carbocycles. The van der Waals surface area contributed by atoms with E-state index in [9.17, 15) is 27.2 Å². The van der Waals surface area contributed by atoms with Crippen molar-refractivity contribution in [3.63, 3.8) is 0 Å². The van der Waals surface area contributed by atoms with Gasteiger partial charge in [0.15, 0.2) is 5.78 Å². The third-order valence-corrected chi connectivity index (χ3v) is 16.4. The lowest BCUT2D eigenvalue weighted by molar-refractivity contribution is -0.142. The third kappa shape index (κ3) is 9.04. The van der Waals surface area contributed by atoms with Crippen LogP contribution >= 0.6 is 11.3 Å². The van der Waals surface area contributed by atoms with Gasteiger partial charge < -0.3 is 14.4 Å². The molecule has 2 aliphatic carbocycles. The van der Waals surface area contributed by atoms with E-state index in [1.807, 2.05) is 48.7 Å². The Hall–Kier alpha value is -4.69. The van der Waals surface area contributed by atoms with Crippen LogP contribution in [0.15, 0.2) is 60.0 Å². The van der Waals surface area contributed by atoms with Crippen LogP contribution in [-0.2, 0) is 30.8 Å². The lowest BCUT2D eigenvalue weighted by atomic mass is 9.90. The molecule has 2 aromatic carbocycles. The number of benzene rings is 2. The van der Waals surface area contributed by atoms with Crippen LogP contribution in [0.3, 0.4) is 0 Å². The Morgan fingerprint density at radius 3 is 2.58 bits per heavy atom. The average molecular weight is 887 g/mol. The number of aromatic nitrogens is 2. The Balaban J connectivity index is 0.00000578. The van der Waals surface area contributed by atoms with Gasteiger partial charge in [-0.1, -0.05) is 58.4 Å². The summed E-state index contributed by atoms with van der Waals surface area (Å²) >= 11 is 1.50. The van der Waals surface area contributed by atoms with Crippen molar-refractivity contribution in [2.45, 2.75) is 129 Å². The van der Waals surface area contributed by atoms with Crippen LogP contribution in [0.25, 0.3) is 21.6 Å². The van der Waals surface area contributed by atoms with E-state index in [0.717, 1.165) is 47.3 Å². The fourth-order valence-corrected chi connectivity index (χ4v) is 11.3. The summed E-state index contributed by atoms with van der Waals surface area (Å²) in [4.78, 5) is 55.4. The van der Waals surface area contributed by atoms with Crippen LogP contribution in [-0.4, -0.2) is 71.4 Å². The number of allylic oxidation sites excluding steroid dienone is 2. The Kier molecular flexibility index (Phi) is 13.0. The molecule has 11 nitrogen and oxygen atoms in total. The van der Waals surface area contributed by atoms with Crippen molar-refractivity contribution in [2.75, 3.05) is 13.7 Å². The number of methoxy groups -OCH3 is 1. The molecule has 62 heavy (non-hydrogen) atoms. The van der Waals surface area contributed by atoms with Gasteiger partial charge in [0.25, 0.3) is 0 Å². The predicted octanol–water partition coefficient (Wildman–Crippen LogP) is 9.27. The van der Waals surface area contributed by atoms with Gasteiger partial charge in [-0.3, -0.25) is 19.1 Å². The van der Waals surface area contributed by atoms with Gasteiger partial charge in [-0.2, -0.15) is 0 Å². The van der Waals surface area contributed by atoms with Crippen molar-refractivity contribution in [1.29, 1.82) is 0 Å². The second-order valence-electron chi connectivity index (χ2n) is 18.1. The number of pyridine rings is 1. The van der Waals surface area contributed by atoms with E-state index in [4.69, 9.17) is 19.4 Å². The first kappa shape index (κ1) is 45.3. The van der Waals surface area contributed by atoms with Gasteiger partial charge in [0.05, 0.1) is 41.1 Å². The highest BCUT2D eigenvalue weighted by molar-refractivity contribution is 7.91. The maximum Gasteiger partial charge on any atom is 0.240 e. The molecular formula is C48H59FN4O7S2. The molecule has 4 aliphatic rings. The highest BCUT2D eigenvalue weighted by atomic mass is 32.2.